The highest BCUT2D eigenvalue weighted by Crippen LogP contribution is 2.29. The zero-order valence-electron chi connectivity index (χ0n) is 36.3. The summed E-state index contributed by atoms with van der Waals surface area (Å²) in [6.07, 6.45) is 2.75. The molecule has 0 aliphatic rings. The smallest absolute Gasteiger partial charge is 0.410 e. The van der Waals surface area contributed by atoms with Crippen molar-refractivity contribution in [3.63, 3.8) is 0 Å². The molecule has 6 rings (SSSR count). The van der Waals surface area contributed by atoms with Gasteiger partial charge in [0.05, 0.1) is 76.0 Å². The van der Waals surface area contributed by atoms with E-state index in [2.05, 4.69) is 9.97 Å². The molecule has 330 valence electrons. The molecule has 4 aromatic carbocycles. The first-order valence-corrected chi connectivity index (χ1v) is 20.6. The molecule has 14 heteroatoms. The summed E-state index contributed by atoms with van der Waals surface area (Å²) in [5.74, 6) is 0.573. The van der Waals surface area contributed by atoms with Gasteiger partial charge in [-0.25, -0.2) is 14.4 Å². The lowest BCUT2D eigenvalue weighted by molar-refractivity contribution is 0.00132. The van der Waals surface area contributed by atoms with Crippen molar-refractivity contribution < 1.29 is 52.3 Å². The minimum atomic E-state index is -0.650. The molecule has 0 atom stereocenters. The van der Waals surface area contributed by atoms with Crippen LogP contribution < -0.4 is 9.47 Å². The minimum absolute atomic E-state index is 0.288. The molecule has 6 aromatic rings. The monoisotopic (exact) mass is 859 g/mol. The summed E-state index contributed by atoms with van der Waals surface area (Å²) in [5, 5.41) is 1.45. The number of fused-ring (bicyclic) bond motifs is 2. The van der Waals surface area contributed by atoms with Gasteiger partial charge in [-0.1, -0.05) is 36.4 Å². The van der Waals surface area contributed by atoms with Crippen molar-refractivity contribution in [2.24, 2.45) is 0 Å². The molecule has 0 spiro atoms. The van der Waals surface area contributed by atoms with E-state index in [4.69, 9.17) is 37.9 Å². The number of methoxy groups -OCH3 is 2. The van der Waals surface area contributed by atoms with Crippen LogP contribution in [-0.2, 0) is 28.4 Å². The second-order valence-corrected chi connectivity index (χ2v) is 15.2. The number of benzene rings is 4. The molecule has 2 heterocycles. The van der Waals surface area contributed by atoms with Gasteiger partial charge in [0.1, 0.15) is 30.3 Å². The number of hydrogen-bond acceptors (Lipinski definition) is 13. The zero-order chi connectivity index (χ0) is 44.6. The number of carbonyl (C=O) groups is 3. The first kappa shape index (κ1) is 45.9. The van der Waals surface area contributed by atoms with Crippen LogP contribution in [0.2, 0.25) is 0 Å². The molecular formula is C49H53N3O11. The molecule has 14 nitrogen and oxygen atoms in total. The molecule has 0 fully saturated rings. The predicted molar refractivity (Wildman–Crippen MR) is 238 cm³/mol. The number of ether oxygens (including phenoxy) is 8. The van der Waals surface area contributed by atoms with Crippen LogP contribution >= 0.6 is 0 Å². The first-order chi connectivity index (χ1) is 30.5. The van der Waals surface area contributed by atoms with Gasteiger partial charge in [0, 0.05) is 36.3 Å². The van der Waals surface area contributed by atoms with Gasteiger partial charge < -0.3 is 42.8 Å². The highest BCUT2D eigenvalue weighted by atomic mass is 16.6. The normalized spacial score (nSPS) is 11.3. The van der Waals surface area contributed by atoms with Crippen LogP contribution in [-0.4, -0.2) is 119 Å². The summed E-state index contributed by atoms with van der Waals surface area (Å²) in [4.78, 5) is 47.8. The van der Waals surface area contributed by atoms with E-state index in [0.29, 0.717) is 93.0 Å². The molecule has 0 unspecified atom stereocenters. The van der Waals surface area contributed by atoms with Crippen LogP contribution in [0.25, 0.3) is 44.1 Å². The largest absolute Gasteiger partial charge is 0.491 e. The van der Waals surface area contributed by atoms with E-state index in [9.17, 15) is 14.4 Å². The van der Waals surface area contributed by atoms with Gasteiger partial charge in [-0.2, -0.15) is 0 Å². The summed E-state index contributed by atoms with van der Waals surface area (Å²) in [6, 6.07) is 30.2. The third kappa shape index (κ3) is 13.2. The van der Waals surface area contributed by atoms with Crippen molar-refractivity contribution in [3.8, 4) is 33.8 Å². The van der Waals surface area contributed by atoms with Gasteiger partial charge in [0.2, 0.25) is 0 Å². The highest BCUT2D eigenvalue weighted by Gasteiger charge is 2.22. The predicted octanol–water partition coefficient (Wildman–Crippen LogP) is 8.43. The number of aromatic nitrogens is 2. The standard InChI is InChI=1S/C49H53N3O11/c1-49(2,3)63-48(55)52(23-25-59-28-30-61-38-12-6-34(7-13-38)36-10-16-44-42(32-36)40(18-20-50-44)46(53)56-4)22-24-58-26-27-60-29-31-62-39-14-8-35(9-15-39)37-11-17-45-43(33-37)41(19-21-51-45)47(54)57-5/h6-21,32-33H,22-31H2,1-5H3. The number of carbonyl (C=O) groups excluding carboxylic acids is 3. The molecule has 0 aliphatic heterocycles. The van der Waals surface area contributed by atoms with Crippen LogP contribution in [0.3, 0.4) is 0 Å². The molecule has 0 saturated carbocycles. The Kier molecular flexibility index (Phi) is 16.4. The number of rotatable bonds is 21. The maximum Gasteiger partial charge on any atom is 0.410 e. The molecule has 63 heavy (non-hydrogen) atoms. The molecular weight excluding hydrogens is 807 g/mol. The molecule has 0 N–H and O–H groups in total. The van der Waals surface area contributed by atoms with E-state index in [-0.39, 0.29) is 6.61 Å². The van der Waals surface area contributed by atoms with Gasteiger partial charge in [0.25, 0.3) is 0 Å². The summed E-state index contributed by atoms with van der Waals surface area (Å²) in [7, 11) is 2.72. The molecule has 0 aliphatic carbocycles. The van der Waals surface area contributed by atoms with Crippen molar-refractivity contribution in [1.82, 2.24) is 14.9 Å². The van der Waals surface area contributed by atoms with Crippen molar-refractivity contribution in [3.05, 3.63) is 121 Å². The Morgan fingerprint density at radius 2 is 0.905 bits per heavy atom. The van der Waals surface area contributed by atoms with Crippen LogP contribution in [0.5, 0.6) is 11.5 Å². The van der Waals surface area contributed by atoms with E-state index in [0.717, 1.165) is 33.0 Å². The van der Waals surface area contributed by atoms with Crippen molar-refractivity contribution in [2.45, 2.75) is 26.4 Å². The fourth-order valence-electron chi connectivity index (χ4n) is 6.55. The van der Waals surface area contributed by atoms with E-state index < -0.39 is 23.6 Å². The summed E-state index contributed by atoms with van der Waals surface area (Å²) in [5.41, 5.74) is 5.51. The lowest BCUT2D eigenvalue weighted by atomic mass is 10.0. The quantitative estimate of drug-likeness (QED) is 0.0387. The molecule has 0 radical (unpaired) electrons. The molecule has 0 bridgehead atoms. The van der Waals surface area contributed by atoms with E-state index >= 15 is 0 Å². The van der Waals surface area contributed by atoms with Gasteiger partial charge >= 0.3 is 18.0 Å². The Balaban J connectivity index is 0.860. The Morgan fingerprint density at radius 3 is 1.32 bits per heavy atom. The van der Waals surface area contributed by atoms with Crippen LogP contribution in [0, 0.1) is 0 Å². The van der Waals surface area contributed by atoms with Gasteiger partial charge in [-0.15, -0.1) is 0 Å². The highest BCUT2D eigenvalue weighted by molar-refractivity contribution is 6.05. The summed E-state index contributed by atoms with van der Waals surface area (Å²) < 4.78 is 44.5. The van der Waals surface area contributed by atoms with Gasteiger partial charge in [0.15, 0.2) is 0 Å². The number of nitrogens with zero attached hydrogens (tertiary/aromatic N) is 3. The van der Waals surface area contributed by atoms with Crippen LogP contribution in [0.4, 0.5) is 4.79 Å². The van der Waals surface area contributed by atoms with Crippen LogP contribution in [0.15, 0.2) is 109 Å². The maximum absolute atomic E-state index is 12.9. The SMILES string of the molecule is COC(=O)c1ccnc2ccc(-c3ccc(OCCOCCOCCN(CCOCCOc4ccc(-c5ccc6nccc(C(=O)OC)c6c5)cc4)C(=O)OC(C)(C)C)cc3)cc12. The topological polar surface area (TPSA) is 154 Å². The van der Waals surface area contributed by atoms with Crippen molar-refractivity contribution in [2.75, 3.05) is 80.2 Å². The third-order valence-electron chi connectivity index (χ3n) is 9.70. The number of amides is 1. The van der Waals surface area contributed by atoms with Crippen molar-refractivity contribution >= 4 is 39.8 Å². The van der Waals surface area contributed by atoms with Crippen molar-refractivity contribution in [1.29, 1.82) is 0 Å². The Morgan fingerprint density at radius 1 is 0.508 bits per heavy atom. The molecule has 1 amide bonds. The van der Waals surface area contributed by atoms with Gasteiger partial charge in [-0.05, 0) is 104 Å². The number of pyridine rings is 2. The summed E-state index contributed by atoms with van der Waals surface area (Å²) >= 11 is 0. The lowest BCUT2D eigenvalue weighted by Gasteiger charge is -2.27. The second kappa shape index (κ2) is 22.5. The summed E-state index contributed by atoms with van der Waals surface area (Å²) in [6.45, 7) is 8.79. The van der Waals surface area contributed by atoms with E-state index in [1.807, 2.05) is 106 Å². The third-order valence-corrected chi connectivity index (χ3v) is 9.70. The Labute approximate surface area is 366 Å². The first-order valence-electron chi connectivity index (χ1n) is 20.6. The number of hydrogen-bond donors (Lipinski definition) is 0. The van der Waals surface area contributed by atoms with Crippen LogP contribution in [0.1, 0.15) is 41.5 Å². The lowest BCUT2D eigenvalue weighted by Crippen LogP contribution is -2.40. The average Bonchev–Trinajstić information content (AvgIpc) is 3.29. The number of esters is 2. The maximum atomic E-state index is 12.9. The fraction of sp³-hybridized carbons (Fsp3) is 0.327. The Hall–Kier alpha value is -6.61. The fourth-order valence-corrected chi connectivity index (χ4v) is 6.55. The molecule has 0 saturated heterocycles. The van der Waals surface area contributed by atoms with Gasteiger partial charge in [-0.3, -0.25) is 9.97 Å². The minimum Gasteiger partial charge on any atom is -0.491 e. The average molecular weight is 860 g/mol. The van der Waals surface area contributed by atoms with E-state index in [1.165, 1.54) is 14.2 Å². The zero-order valence-corrected chi connectivity index (χ0v) is 36.3. The Bertz CT molecular complexity index is 2450. The second-order valence-electron chi connectivity index (χ2n) is 15.2. The molecule has 2 aromatic heterocycles. The van der Waals surface area contributed by atoms with E-state index in [1.54, 1.807) is 29.4 Å².